The summed E-state index contributed by atoms with van der Waals surface area (Å²) in [7, 11) is 1.92. The second-order valence-electron chi connectivity index (χ2n) is 31.8. The highest BCUT2D eigenvalue weighted by Crippen LogP contribution is 2.80. The molecule has 2 heterocycles. The lowest BCUT2D eigenvalue weighted by atomic mass is 9.29. The number of carbonyl (C=O) groups is 2. The topological polar surface area (TPSA) is 198 Å². The normalized spacial score (nSPS) is 43.5. The Morgan fingerprint density at radius 1 is 0.894 bits per heavy atom. The summed E-state index contributed by atoms with van der Waals surface area (Å²) >= 11 is 0. The Kier molecular flexibility index (Phi) is 17.0. The van der Waals surface area contributed by atoms with E-state index in [4.69, 9.17) is 10.5 Å². The Morgan fingerprint density at radius 2 is 1.68 bits per heavy atom. The lowest BCUT2D eigenvalue weighted by Gasteiger charge is -2.75. The minimum Gasteiger partial charge on any atom is -0.508 e. The Labute approximate surface area is 510 Å². The van der Waals surface area contributed by atoms with Crippen molar-refractivity contribution in [1.82, 2.24) is 10.6 Å². The summed E-state index contributed by atoms with van der Waals surface area (Å²) in [5, 5.41) is 68.5. The van der Waals surface area contributed by atoms with Crippen molar-refractivity contribution in [3.8, 4) is 5.75 Å². The number of Topliss-reactive ketones (excluding diaryl/α,β-unsaturated/α-hetero) is 2. The molecular weight excluding hydrogens is 1060 g/mol. The maximum atomic E-state index is 16.5. The van der Waals surface area contributed by atoms with Crippen LogP contribution < -0.4 is 16.4 Å². The van der Waals surface area contributed by atoms with Gasteiger partial charge in [0.05, 0.1) is 23.2 Å². The number of aliphatic hydroxyl groups excluding tert-OH is 3. The maximum absolute atomic E-state index is 16.5. The standard InChI is InChI=1S/C74H109N3O8/c1-9-10-11-16-48-33-47-21-20-44(40-78)32-54(47)55(36-61(81)68-72(7,85-68)56-18-14-17-53(56)49-28-45(27-43(2)3)30-51(75)34-49)65-57-22-23-63-71(6)58-19-15-26-73(67(83)64(58)50-29-46(39-76-8)31-52(80)35-50)25-13-12-24-69(4,84)42-77-60(66(71)73)37-74(63,59(48)41-79)70(57,5)38-62(65)82/h15,19,28-31,34-35,43-44,47-48,53-56,58-61,63-64,66,68,76-81,84H,9-14,16-18,20-27,32-33,36-42,75H2,1-8H3. The second-order valence-corrected chi connectivity index (χ2v) is 31.8. The maximum Gasteiger partial charge on any atom is 0.160 e. The number of benzene rings is 2. The molecule has 0 aromatic heterocycles. The molecule has 6 bridgehead atoms. The van der Waals surface area contributed by atoms with Crippen LogP contribution >= 0.6 is 0 Å². The van der Waals surface area contributed by atoms with Crippen LogP contribution in [-0.2, 0) is 27.3 Å². The smallest absolute Gasteiger partial charge is 0.160 e. The monoisotopic (exact) mass is 1170 g/mol. The van der Waals surface area contributed by atoms with Crippen LogP contribution in [0.25, 0.3) is 0 Å². The number of ketones is 2. The van der Waals surface area contributed by atoms with Crippen molar-refractivity contribution in [2.75, 3.05) is 32.5 Å². The molecule has 21 atom stereocenters. The van der Waals surface area contributed by atoms with Gasteiger partial charge in [0.25, 0.3) is 0 Å². The fraction of sp³-hybridized carbons (Fsp3) is 0.757. The Morgan fingerprint density at radius 3 is 2.44 bits per heavy atom. The molecule has 2 aliphatic heterocycles. The van der Waals surface area contributed by atoms with Crippen molar-refractivity contribution >= 4 is 17.3 Å². The lowest BCUT2D eigenvalue weighted by molar-refractivity contribution is -0.243. The molecule has 9 aliphatic carbocycles. The fourth-order valence-corrected chi connectivity index (χ4v) is 23.3. The molecule has 21 unspecified atom stereocenters. The van der Waals surface area contributed by atoms with Crippen LogP contribution in [0.4, 0.5) is 5.69 Å². The van der Waals surface area contributed by atoms with Gasteiger partial charge in [-0.15, -0.1) is 0 Å². The Balaban J connectivity index is 1.02. The highest BCUT2D eigenvalue weighted by atomic mass is 16.6. The first kappa shape index (κ1) is 61.8. The molecule has 11 aliphatic rings. The van der Waals surface area contributed by atoms with Crippen LogP contribution in [-0.4, -0.2) is 93.4 Å². The van der Waals surface area contributed by atoms with E-state index in [1.54, 1.807) is 0 Å². The summed E-state index contributed by atoms with van der Waals surface area (Å²) in [6, 6.07) is 12.3. The number of nitrogen functional groups attached to an aromatic ring is 1. The van der Waals surface area contributed by atoms with E-state index in [1.807, 2.05) is 26.1 Å². The highest BCUT2D eigenvalue weighted by molar-refractivity contribution is 6.01. The molecule has 468 valence electrons. The zero-order valence-corrected chi connectivity index (χ0v) is 53.3. The number of epoxide rings is 1. The number of anilines is 1. The third kappa shape index (κ3) is 10.2. The molecule has 7 fully saturated rings. The molecule has 85 heavy (non-hydrogen) atoms. The van der Waals surface area contributed by atoms with Gasteiger partial charge in [0.2, 0.25) is 0 Å². The number of allylic oxidation sites excluding steroid dienone is 4. The summed E-state index contributed by atoms with van der Waals surface area (Å²) in [5.41, 5.74) is 10.1. The number of β-amino-alcohol motifs (C(OH)–C–C–N with tert-alkyl or cyclic N) is 1. The van der Waals surface area contributed by atoms with Crippen LogP contribution in [0.1, 0.15) is 217 Å². The van der Waals surface area contributed by atoms with E-state index in [0.29, 0.717) is 51.1 Å². The number of ether oxygens (including phenoxy) is 1. The minimum absolute atomic E-state index is 0.00593. The number of aromatic hydroxyl groups is 1. The van der Waals surface area contributed by atoms with Crippen LogP contribution in [0, 0.1) is 86.8 Å². The van der Waals surface area contributed by atoms with Gasteiger partial charge in [-0.3, -0.25) is 9.59 Å². The van der Waals surface area contributed by atoms with E-state index in [-0.39, 0.29) is 108 Å². The molecule has 11 nitrogen and oxygen atoms in total. The quantitative estimate of drug-likeness (QED) is 0.0345. The number of phenolic OH excluding ortho intramolecular Hbond substituents is 1. The van der Waals surface area contributed by atoms with Crippen LogP contribution in [0.3, 0.4) is 0 Å². The molecule has 0 radical (unpaired) electrons. The Bertz CT molecular complexity index is 2880. The van der Waals surface area contributed by atoms with E-state index in [0.717, 1.165) is 132 Å². The third-order valence-electron chi connectivity index (χ3n) is 26.5. The highest BCUT2D eigenvalue weighted by Gasteiger charge is 2.78. The molecule has 9 N–H and O–H groups in total. The molecule has 2 spiro atoms. The first-order chi connectivity index (χ1) is 40.6. The number of unbranched alkanes of at least 4 members (excludes halogenated alkanes) is 2. The van der Waals surface area contributed by atoms with Crippen LogP contribution in [0.15, 0.2) is 59.7 Å². The van der Waals surface area contributed by atoms with Gasteiger partial charge in [-0.05, 0) is 245 Å². The predicted molar refractivity (Wildman–Crippen MR) is 336 cm³/mol. The number of aliphatic hydroxyl groups is 4. The van der Waals surface area contributed by atoms with Crippen molar-refractivity contribution in [2.45, 2.75) is 238 Å². The van der Waals surface area contributed by atoms with Crippen molar-refractivity contribution in [2.24, 2.45) is 86.8 Å². The summed E-state index contributed by atoms with van der Waals surface area (Å²) in [4.78, 5) is 32.8. The third-order valence-corrected chi connectivity index (χ3v) is 26.5. The van der Waals surface area contributed by atoms with Crippen LogP contribution in [0.5, 0.6) is 5.75 Å². The number of nitrogens with one attached hydrogen (secondary N) is 2. The zero-order valence-electron chi connectivity index (χ0n) is 53.3. The van der Waals surface area contributed by atoms with E-state index in [2.05, 4.69) is 88.6 Å². The summed E-state index contributed by atoms with van der Waals surface area (Å²) < 4.78 is 6.96. The number of rotatable bonds is 16. The molecule has 2 saturated heterocycles. The average molecular weight is 1170 g/mol. The number of fused-ring (bicyclic) bond motifs is 3. The molecule has 0 amide bonds. The first-order valence-electron chi connectivity index (χ1n) is 34.5. The number of nitrogens with two attached hydrogens (primary N) is 1. The van der Waals surface area contributed by atoms with E-state index < -0.39 is 44.9 Å². The predicted octanol–water partition coefficient (Wildman–Crippen LogP) is 12.4. The second kappa shape index (κ2) is 23.4. The van der Waals surface area contributed by atoms with Gasteiger partial charge >= 0.3 is 0 Å². The van der Waals surface area contributed by atoms with Gasteiger partial charge in [0, 0.05) is 55.3 Å². The number of hydrogen-bond acceptors (Lipinski definition) is 11. The molecular formula is C74H109N3O8. The van der Waals surface area contributed by atoms with Crippen molar-refractivity contribution in [3.05, 3.63) is 82.0 Å². The van der Waals surface area contributed by atoms with E-state index in [1.165, 1.54) is 16.7 Å². The SMILES string of the molecule is CCCCCC1CC2CCC(CO)CC2C(CC(O)C2OC2(C)C2CCCC2c2cc(N)cc(CC(C)C)c2)C2=C3CCC4C5(C)C6C=CCC7(CCCCC(C)(O)CNC(CC4(C1CO)C3(C)CC2=O)C75)C(=O)C6c1cc(O)cc(CNC)c1. The molecule has 5 saturated carbocycles. The van der Waals surface area contributed by atoms with Crippen LogP contribution in [0.2, 0.25) is 0 Å². The molecule has 13 rings (SSSR count). The van der Waals surface area contributed by atoms with Crippen molar-refractivity contribution < 1.29 is 39.9 Å². The van der Waals surface area contributed by atoms with E-state index in [9.17, 15) is 25.5 Å². The summed E-state index contributed by atoms with van der Waals surface area (Å²) in [6.07, 6.45) is 22.2. The van der Waals surface area contributed by atoms with Gasteiger partial charge in [-0.1, -0.05) is 109 Å². The fourth-order valence-electron chi connectivity index (χ4n) is 23.3. The van der Waals surface area contributed by atoms with Gasteiger partial charge in [-0.2, -0.15) is 0 Å². The first-order valence-corrected chi connectivity index (χ1v) is 34.5. The largest absolute Gasteiger partial charge is 0.508 e. The van der Waals surface area contributed by atoms with Gasteiger partial charge in [0.15, 0.2) is 5.78 Å². The Hall–Kier alpha value is -3.42. The van der Waals surface area contributed by atoms with Gasteiger partial charge in [0.1, 0.15) is 17.6 Å². The molecule has 2 aromatic carbocycles. The van der Waals surface area contributed by atoms with Crippen molar-refractivity contribution in [3.63, 3.8) is 0 Å². The molecule has 2 aromatic rings. The number of carbonyl (C=O) groups excluding carboxylic acids is 2. The number of phenols is 1. The number of hydrogen-bond donors (Lipinski definition) is 8. The van der Waals surface area contributed by atoms with Gasteiger partial charge in [-0.25, -0.2) is 0 Å². The van der Waals surface area contributed by atoms with E-state index >= 15 is 9.59 Å². The van der Waals surface area contributed by atoms with Crippen molar-refractivity contribution in [1.29, 1.82) is 0 Å². The average Bonchev–Trinajstić information content (AvgIpc) is 1.67. The summed E-state index contributed by atoms with van der Waals surface area (Å²) in [5.74, 6) is 1.05. The lowest BCUT2D eigenvalue weighted by Crippen LogP contribution is -2.75. The zero-order chi connectivity index (χ0) is 60.2. The molecule has 11 heteroatoms. The summed E-state index contributed by atoms with van der Waals surface area (Å²) in [6.45, 7) is 17.1. The minimum atomic E-state index is -0.967. The van der Waals surface area contributed by atoms with Gasteiger partial charge < -0.3 is 46.6 Å².